The number of nitrogens with one attached hydrogen (secondary N) is 1. The highest BCUT2D eigenvalue weighted by Gasteiger charge is 2.22. The molecule has 1 aromatic heterocycles. The van der Waals surface area contributed by atoms with E-state index in [9.17, 15) is 8.78 Å². The Morgan fingerprint density at radius 1 is 1.33 bits per heavy atom. The van der Waals surface area contributed by atoms with Crippen molar-refractivity contribution in [2.45, 2.75) is 26.0 Å². The Kier molecular flexibility index (Phi) is 5.27. The zero-order valence-corrected chi connectivity index (χ0v) is 12.1. The SMILES string of the molecule is CCCNC(c1ccccc1OC(F)F)c1nccn1C. The minimum absolute atomic E-state index is 0.170. The first-order valence-corrected chi connectivity index (χ1v) is 6.87. The molecule has 114 valence electrons. The van der Waals surface area contributed by atoms with Crippen LogP contribution in [-0.4, -0.2) is 22.7 Å². The predicted octanol–water partition coefficient (Wildman–Crippen LogP) is 3.11. The number of hydrogen-bond acceptors (Lipinski definition) is 3. The normalized spacial score (nSPS) is 12.6. The standard InChI is InChI=1S/C15H19F2N3O/c1-3-8-18-13(14-19-9-10-20(14)2)11-6-4-5-7-12(11)21-15(16)17/h4-7,9-10,13,15,18H,3,8H2,1-2H3. The molecule has 0 radical (unpaired) electrons. The van der Waals surface area contributed by atoms with Crippen molar-refractivity contribution in [1.29, 1.82) is 0 Å². The smallest absolute Gasteiger partial charge is 0.387 e. The third-order valence-electron chi connectivity index (χ3n) is 3.16. The van der Waals surface area contributed by atoms with E-state index in [-0.39, 0.29) is 11.8 Å². The van der Waals surface area contributed by atoms with Gasteiger partial charge in [0.2, 0.25) is 0 Å². The van der Waals surface area contributed by atoms with Crippen molar-refractivity contribution in [2.75, 3.05) is 6.54 Å². The third-order valence-corrected chi connectivity index (χ3v) is 3.16. The second-order valence-electron chi connectivity index (χ2n) is 4.70. The summed E-state index contributed by atoms with van der Waals surface area (Å²) in [5.41, 5.74) is 0.653. The van der Waals surface area contributed by atoms with Crippen molar-refractivity contribution in [1.82, 2.24) is 14.9 Å². The minimum atomic E-state index is -2.85. The molecule has 2 aromatic rings. The van der Waals surface area contributed by atoms with E-state index in [0.29, 0.717) is 5.56 Å². The van der Waals surface area contributed by atoms with Gasteiger partial charge in [-0.25, -0.2) is 4.98 Å². The van der Waals surface area contributed by atoms with Gasteiger partial charge in [-0.05, 0) is 19.0 Å². The van der Waals surface area contributed by atoms with E-state index in [1.165, 1.54) is 0 Å². The van der Waals surface area contributed by atoms with Crippen molar-refractivity contribution < 1.29 is 13.5 Å². The largest absolute Gasteiger partial charge is 0.434 e. The fourth-order valence-corrected chi connectivity index (χ4v) is 2.21. The van der Waals surface area contributed by atoms with Crippen molar-refractivity contribution in [3.8, 4) is 5.75 Å². The number of para-hydroxylation sites is 1. The van der Waals surface area contributed by atoms with Gasteiger partial charge in [-0.2, -0.15) is 8.78 Å². The first kappa shape index (κ1) is 15.4. The summed E-state index contributed by atoms with van der Waals surface area (Å²) in [6.45, 7) is -0.0516. The van der Waals surface area contributed by atoms with Crippen molar-refractivity contribution in [3.63, 3.8) is 0 Å². The van der Waals surface area contributed by atoms with Gasteiger partial charge in [0, 0.05) is 25.0 Å². The number of imidazole rings is 1. The van der Waals surface area contributed by atoms with Crippen LogP contribution in [0.4, 0.5) is 8.78 Å². The summed E-state index contributed by atoms with van der Waals surface area (Å²) in [6, 6.07) is 6.51. The van der Waals surface area contributed by atoms with Gasteiger partial charge in [-0.3, -0.25) is 0 Å². The quantitative estimate of drug-likeness (QED) is 0.853. The number of nitrogens with zero attached hydrogens (tertiary/aromatic N) is 2. The molecular weight excluding hydrogens is 276 g/mol. The van der Waals surface area contributed by atoms with E-state index >= 15 is 0 Å². The lowest BCUT2D eigenvalue weighted by molar-refractivity contribution is -0.0506. The molecule has 4 nitrogen and oxygen atoms in total. The van der Waals surface area contributed by atoms with E-state index < -0.39 is 6.61 Å². The van der Waals surface area contributed by atoms with Crippen molar-refractivity contribution in [3.05, 3.63) is 48.0 Å². The molecule has 0 bridgehead atoms. The van der Waals surface area contributed by atoms with Crippen LogP contribution in [-0.2, 0) is 7.05 Å². The lowest BCUT2D eigenvalue weighted by Gasteiger charge is -2.21. The van der Waals surface area contributed by atoms with E-state index in [0.717, 1.165) is 18.8 Å². The number of alkyl halides is 2. The molecule has 1 N–H and O–H groups in total. The molecular formula is C15H19F2N3O. The monoisotopic (exact) mass is 295 g/mol. The molecule has 1 aromatic carbocycles. The van der Waals surface area contributed by atoms with Crippen LogP contribution in [0.3, 0.4) is 0 Å². The van der Waals surface area contributed by atoms with Crippen LogP contribution in [0.15, 0.2) is 36.7 Å². The average Bonchev–Trinajstić information content (AvgIpc) is 2.87. The summed E-state index contributed by atoms with van der Waals surface area (Å²) >= 11 is 0. The molecule has 1 heterocycles. The van der Waals surface area contributed by atoms with Crippen LogP contribution in [0.1, 0.15) is 30.8 Å². The minimum Gasteiger partial charge on any atom is -0.434 e. The Morgan fingerprint density at radius 3 is 2.71 bits per heavy atom. The number of ether oxygens (including phenoxy) is 1. The number of hydrogen-bond donors (Lipinski definition) is 1. The van der Waals surface area contributed by atoms with Crippen LogP contribution in [0.5, 0.6) is 5.75 Å². The fourth-order valence-electron chi connectivity index (χ4n) is 2.21. The first-order valence-electron chi connectivity index (χ1n) is 6.87. The summed E-state index contributed by atoms with van der Waals surface area (Å²) in [6.07, 6.45) is 4.44. The number of aryl methyl sites for hydroxylation is 1. The maximum atomic E-state index is 12.6. The summed E-state index contributed by atoms with van der Waals surface area (Å²) in [5.74, 6) is 0.929. The van der Waals surface area contributed by atoms with Gasteiger partial charge in [0.05, 0.1) is 6.04 Å². The van der Waals surface area contributed by atoms with Crippen molar-refractivity contribution >= 4 is 0 Å². The maximum Gasteiger partial charge on any atom is 0.387 e. The van der Waals surface area contributed by atoms with Gasteiger partial charge in [-0.1, -0.05) is 25.1 Å². The number of rotatable bonds is 7. The Labute approximate surface area is 122 Å². The van der Waals surface area contributed by atoms with E-state index in [1.54, 1.807) is 30.5 Å². The Balaban J connectivity index is 2.39. The van der Waals surface area contributed by atoms with Crippen LogP contribution in [0.2, 0.25) is 0 Å². The Hall–Kier alpha value is -1.95. The van der Waals surface area contributed by atoms with Gasteiger partial charge in [0.15, 0.2) is 0 Å². The molecule has 0 amide bonds. The molecule has 0 aliphatic heterocycles. The molecule has 1 atom stereocenters. The second kappa shape index (κ2) is 7.17. The molecule has 0 aliphatic rings. The third kappa shape index (κ3) is 3.78. The first-order chi connectivity index (χ1) is 10.1. The van der Waals surface area contributed by atoms with E-state index in [2.05, 4.69) is 15.0 Å². The molecule has 21 heavy (non-hydrogen) atoms. The molecule has 6 heteroatoms. The number of benzene rings is 1. The molecule has 2 rings (SSSR count). The van der Waals surface area contributed by atoms with Gasteiger partial charge in [0.25, 0.3) is 0 Å². The van der Waals surface area contributed by atoms with Crippen LogP contribution in [0.25, 0.3) is 0 Å². The molecule has 1 unspecified atom stereocenters. The molecule has 0 aliphatic carbocycles. The molecule has 0 spiro atoms. The van der Waals surface area contributed by atoms with Gasteiger partial charge in [0.1, 0.15) is 11.6 Å². The van der Waals surface area contributed by atoms with Crippen LogP contribution >= 0.6 is 0 Å². The zero-order valence-electron chi connectivity index (χ0n) is 12.1. The van der Waals surface area contributed by atoms with Crippen LogP contribution in [0, 0.1) is 0 Å². The maximum absolute atomic E-state index is 12.6. The van der Waals surface area contributed by atoms with E-state index in [1.807, 2.05) is 24.7 Å². The van der Waals surface area contributed by atoms with Crippen LogP contribution < -0.4 is 10.1 Å². The molecule has 0 saturated carbocycles. The van der Waals surface area contributed by atoms with Crippen molar-refractivity contribution in [2.24, 2.45) is 7.05 Å². The van der Waals surface area contributed by atoms with Gasteiger partial charge < -0.3 is 14.6 Å². The highest BCUT2D eigenvalue weighted by Crippen LogP contribution is 2.30. The zero-order chi connectivity index (χ0) is 15.2. The summed E-state index contributed by atoms with van der Waals surface area (Å²) < 4.78 is 31.6. The summed E-state index contributed by atoms with van der Waals surface area (Å²) in [7, 11) is 1.87. The fraction of sp³-hybridized carbons (Fsp3) is 0.400. The second-order valence-corrected chi connectivity index (χ2v) is 4.70. The highest BCUT2D eigenvalue weighted by atomic mass is 19.3. The van der Waals surface area contributed by atoms with Gasteiger partial charge in [-0.15, -0.1) is 0 Å². The van der Waals surface area contributed by atoms with Gasteiger partial charge >= 0.3 is 6.61 Å². The highest BCUT2D eigenvalue weighted by molar-refractivity contribution is 5.39. The predicted molar refractivity (Wildman–Crippen MR) is 76.4 cm³/mol. The van der Waals surface area contributed by atoms with E-state index in [4.69, 9.17) is 0 Å². The summed E-state index contributed by atoms with van der Waals surface area (Å²) in [4.78, 5) is 4.32. The Morgan fingerprint density at radius 2 is 2.10 bits per heavy atom. The summed E-state index contributed by atoms with van der Waals surface area (Å²) in [5, 5.41) is 3.33. The lowest BCUT2D eigenvalue weighted by atomic mass is 10.0. The number of aromatic nitrogens is 2. The molecule has 0 saturated heterocycles. The number of halogens is 2. The lowest BCUT2D eigenvalue weighted by Crippen LogP contribution is -2.26. The average molecular weight is 295 g/mol. The topological polar surface area (TPSA) is 39.1 Å². The molecule has 0 fully saturated rings. The Bertz CT molecular complexity index is 572.